The molecule has 0 aliphatic carbocycles. The van der Waals surface area contributed by atoms with Gasteiger partial charge in [0.15, 0.2) is 11.6 Å². The molecule has 1 aromatic carbocycles. The van der Waals surface area contributed by atoms with Crippen LogP contribution in [0.1, 0.15) is 26.2 Å². The van der Waals surface area contributed by atoms with Crippen LogP contribution in [-0.2, 0) is 24.3 Å². The third-order valence-corrected chi connectivity index (χ3v) is 4.96. The Morgan fingerprint density at radius 3 is 2.75 bits per heavy atom. The van der Waals surface area contributed by atoms with Gasteiger partial charge in [-0.05, 0) is 44.4 Å². The third kappa shape index (κ3) is 4.96. The van der Waals surface area contributed by atoms with E-state index in [0.29, 0.717) is 18.7 Å². The van der Waals surface area contributed by atoms with Crippen LogP contribution >= 0.6 is 0 Å². The number of benzene rings is 1. The summed E-state index contributed by atoms with van der Waals surface area (Å²) in [5.74, 6) is -3.39. The highest BCUT2D eigenvalue weighted by atomic mass is 32.2. The number of amides is 1. The number of sulfonamides is 1. The predicted molar refractivity (Wildman–Crippen MR) is 80.7 cm³/mol. The molecule has 9 heteroatoms. The lowest BCUT2D eigenvalue weighted by molar-refractivity contribution is -0.133. The van der Waals surface area contributed by atoms with Gasteiger partial charge >= 0.3 is 0 Å². The van der Waals surface area contributed by atoms with E-state index in [1.807, 2.05) is 0 Å². The number of rotatable bonds is 6. The predicted octanol–water partition coefficient (Wildman–Crippen LogP) is 1.74. The van der Waals surface area contributed by atoms with Gasteiger partial charge in [-0.1, -0.05) is 0 Å². The second kappa shape index (κ2) is 8.00. The Morgan fingerprint density at radius 2 is 2.12 bits per heavy atom. The first-order valence-electron chi connectivity index (χ1n) is 7.54. The fraction of sp³-hybridized carbons (Fsp3) is 0.533. The first-order valence-corrected chi connectivity index (χ1v) is 9.03. The lowest BCUT2D eigenvalue weighted by atomic mass is 10.1. The van der Waals surface area contributed by atoms with E-state index in [1.54, 1.807) is 4.72 Å². The zero-order valence-corrected chi connectivity index (χ0v) is 13.9. The van der Waals surface area contributed by atoms with Gasteiger partial charge < -0.3 is 9.47 Å². The molecule has 1 aliphatic rings. The first kappa shape index (κ1) is 18.8. The van der Waals surface area contributed by atoms with E-state index in [1.165, 1.54) is 6.92 Å². The molecule has 1 saturated heterocycles. The van der Waals surface area contributed by atoms with Crippen LogP contribution in [0.5, 0.6) is 0 Å². The number of hydrogen-bond donors (Lipinski definition) is 1. The van der Waals surface area contributed by atoms with Gasteiger partial charge in [0.25, 0.3) is 15.9 Å². The molecule has 0 saturated carbocycles. The Hall–Kier alpha value is -1.58. The molecule has 1 aliphatic heterocycles. The second-order valence-electron chi connectivity index (χ2n) is 5.51. The zero-order chi connectivity index (χ0) is 17.7. The summed E-state index contributed by atoms with van der Waals surface area (Å²) in [6, 6.07) is 2.05. The minimum atomic E-state index is -4.30. The molecule has 1 amide bonds. The van der Waals surface area contributed by atoms with E-state index in [2.05, 4.69) is 0 Å². The lowest BCUT2D eigenvalue weighted by Gasteiger charge is -2.23. The fourth-order valence-corrected chi connectivity index (χ4v) is 3.24. The minimum absolute atomic E-state index is 0.114. The Balaban J connectivity index is 1.92. The number of halogens is 2. The van der Waals surface area contributed by atoms with Crippen molar-refractivity contribution in [1.29, 1.82) is 0 Å². The van der Waals surface area contributed by atoms with Crippen molar-refractivity contribution in [1.82, 2.24) is 4.72 Å². The van der Waals surface area contributed by atoms with Crippen molar-refractivity contribution < 1.29 is 31.5 Å². The summed E-state index contributed by atoms with van der Waals surface area (Å²) in [6.45, 7) is 2.22. The van der Waals surface area contributed by atoms with Crippen LogP contribution in [-0.4, -0.2) is 39.7 Å². The maximum atomic E-state index is 13.1. The van der Waals surface area contributed by atoms with Crippen LogP contribution in [0.3, 0.4) is 0 Å². The summed E-state index contributed by atoms with van der Waals surface area (Å²) < 4.78 is 62.6. The molecule has 0 unspecified atom stereocenters. The molecule has 0 radical (unpaired) electrons. The molecule has 2 atom stereocenters. The van der Waals surface area contributed by atoms with Gasteiger partial charge in [-0.3, -0.25) is 4.79 Å². The molecular formula is C15H19F2NO5S. The maximum Gasteiger partial charge on any atom is 0.264 e. The van der Waals surface area contributed by atoms with E-state index < -0.39 is 38.6 Å². The summed E-state index contributed by atoms with van der Waals surface area (Å²) in [5, 5.41) is 0. The molecule has 24 heavy (non-hydrogen) atoms. The van der Waals surface area contributed by atoms with Crippen molar-refractivity contribution in [2.75, 3.05) is 13.2 Å². The number of nitrogens with one attached hydrogen (secondary N) is 1. The highest BCUT2D eigenvalue weighted by Gasteiger charge is 2.24. The van der Waals surface area contributed by atoms with Crippen LogP contribution in [0.15, 0.2) is 23.1 Å². The molecular weight excluding hydrogens is 344 g/mol. The summed E-state index contributed by atoms with van der Waals surface area (Å²) in [7, 11) is -4.30. The molecule has 134 valence electrons. The normalized spacial score (nSPS) is 19.7. The lowest BCUT2D eigenvalue weighted by Crippen LogP contribution is -2.40. The Labute approximate surface area is 139 Å². The smallest absolute Gasteiger partial charge is 0.264 e. The van der Waals surface area contributed by atoms with Crippen LogP contribution in [0.2, 0.25) is 0 Å². The maximum absolute atomic E-state index is 13.1. The highest BCUT2D eigenvalue weighted by molar-refractivity contribution is 7.90. The van der Waals surface area contributed by atoms with E-state index in [-0.39, 0.29) is 12.7 Å². The monoisotopic (exact) mass is 363 g/mol. The third-order valence-electron chi connectivity index (χ3n) is 3.61. The fourth-order valence-electron chi connectivity index (χ4n) is 2.18. The number of carbonyl (C=O) groups excluding carboxylic acids is 1. The van der Waals surface area contributed by atoms with E-state index in [9.17, 15) is 22.0 Å². The molecule has 6 nitrogen and oxygen atoms in total. The van der Waals surface area contributed by atoms with Crippen LogP contribution in [0, 0.1) is 11.6 Å². The zero-order valence-electron chi connectivity index (χ0n) is 13.1. The molecule has 1 N–H and O–H groups in total. The topological polar surface area (TPSA) is 81.7 Å². The van der Waals surface area contributed by atoms with Gasteiger partial charge in [0.05, 0.1) is 17.6 Å². The van der Waals surface area contributed by atoms with Crippen LogP contribution in [0.25, 0.3) is 0 Å². The quantitative estimate of drug-likeness (QED) is 0.833. The summed E-state index contributed by atoms with van der Waals surface area (Å²) in [4.78, 5) is 11.4. The van der Waals surface area contributed by atoms with Gasteiger partial charge in [0, 0.05) is 6.61 Å². The number of carbonyl (C=O) groups is 1. The molecule has 0 spiro atoms. The minimum Gasteiger partial charge on any atom is -0.376 e. The molecule has 1 fully saturated rings. The number of hydrogen-bond acceptors (Lipinski definition) is 5. The van der Waals surface area contributed by atoms with Crippen LogP contribution < -0.4 is 4.72 Å². The van der Waals surface area contributed by atoms with Crippen molar-refractivity contribution in [2.24, 2.45) is 0 Å². The van der Waals surface area contributed by atoms with Gasteiger partial charge in [-0.15, -0.1) is 0 Å². The van der Waals surface area contributed by atoms with E-state index in [4.69, 9.17) is 9.47 Å². The van der Waals surface area contributed by atoms with E-state index in [0.717, 1.165) is 25.3 Å². The Morgan fingerprint density at radius 1 is 1.38 bits per heavy atom. The van der Waals surface area contributed by atoms with Crippen molar-refractivity contribution in [3.05, 3.63) is 29.8 Å². The van der Waals surface area contributed by atoms with E-state index >= 15 is 0 Å². The van der Waals surface area contributed by atoms with Gasteiger partial charge in [0.1, 0.15) is 6.10 Å². The summed E-state index contributed by atoms with van der Waals surface area (Å²) in [6.07, 6.45) is 1.67. The molecule has 0 bridgehead atoms. The molecule has 1 heterocycles. The van der Waals surface area contributed by atoms with Crippen LogP contribution in [0.4, 0.5) is 8.78 Å². The van der Waals surface area contributed by atoms with Crippen molar-refractivity contribution >= 4 is 15.9 Å². The summed E-state index contributed by atoms with van der Waals surface area (Å²) in [5.41, 5.74) is 0. The van der Waals surface area contributed by atoms with Crippen molar-refractivity contribution in [3.63, 3.8) is 0 Å². The van der Waals surface area contributed by atoms with Gasteiger partial charge in [0.2, 0.25) is 0 Å². The highest BCUT2D eigenvalue weighted by Crippen LogP contribution is 2.15. The molecule has 1 aromatic rings. The van der Waals surface area contributed by atoms with Gasteiger partial charge in [-0.2, -0.15) is 0 Å². The standard InChI is InChI=1S/C15H19F2NO5S/c1-10(23-9-11-4-2-3-7-22-11)15(19)18-24(20,21)12-5-6-13(16)14(17)8-12/h5-6,8,10-11H,2-4,7,9H2,1H3,(H,18,19)/t10-,11-/m0/s1. The second-order valence-corrected chi connectivity index (χ2v) is 7.19. The molecule has 2 rings (SSSR count). The first-order chi connectivity index (χ1) is 11.3. The SMILES string of the molecule is C[C@H](OC[C@@H]1CCCCO1)C(=O)NS(=O)(=O)c1ccc(F)c(F)c1. The largest absolute Gasteiger partial charge is 0.376 e. The average Bonchev–Trinajstić information content (AvgIpc) is 2.55. The van der Waals surface area contributed by atoms with Gasteiger partial charge in [-0.25, -0.2) is 21.9 Å². The molecule has 0 aromatic heterocycles. The average molecular weight is 363 g/mol. The number of ether oxygens (including phenoxy) is 2. The Kier molecular flexibility index (Phi) is 6.25. The van der Waals surface area contributed by atoms with Crippen molar-refractivity contribution in [3.8, 4) is 0 Å². The van der Waals surface area contributed by atoms with Crippen molar-refractivity contribution in [2.45, 2.75) is 43.3 Å². The summed E-state index contributed by atoms with van der Waals surface area (Å²) >= 11 is 0. The Bertz CT molecular complexity index is 689.